The van der Waals surface area contributed by atoms with Crippen LogP contribution >= 0.6 is 0 Å². The third kappa shape index (κ3) is 3.46. The van der Waals surface area contributed by atoms with Gasteiger partial charge < -0.3 is 0 Å². The lowest BCUT2D eigenvalue weighted by atomic mass is 9.93. The minimum atomic E-state index is -8.39. The molecule has 0 aliphatic heterocycles. The van der Waals surface area contributed by atoms with Crippen molar-refractivity contribution in [3.05, 3.63) is 12.2 Å². The zero-order valence-electron chi connectivity index (χ0n) is 12.8. The molecule has 0 fully saturated rings. The lowest BCUT2D eigenvalue weighted by Gasteiger charge is -2.41. The van der Waals surface area contributed by atoms with Gasteiger partial charge in [0.25, 0.3) is 5.91 Å². The maximum absolute atomic E-state index is 13.2. The molecule has 1 amide bonds. The molecule has 0 aromatic rings. The van der Waals surface area contributed by atoms with Crippen LogP contribution in [0.1, 0.15) is 6.92 Å². The Hall–Kier alpha value is -1.84. The number of hydrogen-bond donors (Lipinski definition) is 1. The average molecular weight is 453 g/mol. The predicted octanol–water partition coefficient (Wildman–Crippen LogP) is 5.01. The van der Waals surface area contributed by atoms with Gasteiger partial charge in [0, 0.05) is 5.57 Å². The summed E-state index contributed by atoms with van der Waals surface area (Å²) in [7, 11) is 0. The maximum atomic E-state index is 13.2. The summed E-state index contributed by atoms with van der Waals surface area (Å²) in [6.07, 6.45) is -7.66. The van der Waals surface area contributed by atoms with Gasteiger partial charge in [-0.1, -0.05) is 6.58 Å². The molecule has 0 unspecified atom stereocenters. The molecule has 0 heterocycles. The fourth-order valence-electron chi connectivity index (χ4n) is 1.29. The van der Waals surface area contributed by atoms with Crippen molar-refractivity contribution in [2.75, 3.05) is 0 Å². The monoisotopic (exact) mass is 453 g/mol. The number of carbonyl (C=O) groups excluding carboxylic acids is 1. The van der Waals surface area contributed by atoms with E-state index in [0.29, 0.717) is 6.92 Å². The molecule has 0 rings (SSSR count). The van der Waals surface area contributed by atoms with Crippen LogP contribution in [0.5, 0.6) is 0 Å². The summed E-state index contributed by atoms with van der Waals surface area (Å²) in [5, 5.41) is -0.295. The first-order chi connectivity index (χ1) is 11.8. The van der Waals surface area contributed by atoms with Crippen LogP contribution in [-0.2, 0) is 4.79 Å². The van der Waals surface area contributed by atoms with Crippen LogP contribution in [0.4, 0.5) is 65.9 Å². The number of carbonyl (C=O) groups is 1. The van der Waals surface area contributed by atoms with Gasteiger partial charge in [-0.05, 0) is 6.92 Å². The van der Waals surface area contributed by atoms with Gasteiger partial charge in [-0.2, -0.15) is 65.9 Å². The highest BCUT2D eigenvalue weighted by Crippen LogP contribution is 2.61. The normalized spacial score (nSPS) is 15.4. The zero-order valence-corrected chi connectivity index (χ0v) is 12.8. The average Bonchev–Trinajstić information content (AvgIpc) is 2.44. The van der Waals surface area contributed by atoms with Crippen LogP contribution in [0, 0.1) is 0 Å². The van der Waals surface area contributed by atoms with Gasteiger partial charge in [0.05, 0.1) is 0 Å². The summed E-state index contributed by atoms with van der Waals surface area (Å²) in [5.41, 5.74) is -1.11. The second-order valence-electron chi connectivity index (χ2n) is 5.18. The van der Waals surface area contributed by atoms with E-state index >= 15 is 0 Å². The van der Waals surface area contributed by atoms with Gasteiger partial charge in [0.15, 0.2) is 0 Å². The van der Waals surface area contributed by atoms with Crippen molar-refractivity contribution in [2.45, 2.75) is 48.8 Å². The summed E-state index contributed by atoms with van der Waals surface area (Å²) in [4.78, 5) is 10.8. The van der Waals surface area contributed by atoms with Crippen molar-refractivity contribution in [3.8, 4) is 0 Å². The topological polar surface area (TPSA) is 29.1 Å². The van der Waals surface area contributed by atoms with Crippen molar-refractivity contribution in [1.82, 2.24) is 5.32 Å². The van der Waals surface area contributed by atoms with Crippen molar-refractivity contribution >= 4 is 5.91 Å². The lowest BCUT2D eigenvalue weighted by molar-refractivity contribution is -0.453. The highest BCUT2D eigenvalue weighted by molar-refractivity contribution is 5.92. The summed E-state index contributed by atoms with van der Waals surface area (Å²) >= 11 is 0. The van der Waals surface area contributed by atoms with Crippen LogP contribution in [0.15, 0.2) is 12.2 Å². The largest absolute Gasteiger partial charge is 0.460 e. The Morgan fingerprint density at radius 2 is 0.893 bits per heavy atom. The van der Waals surface area contributed by atoms with E-state index in [1.165, 1.54) is 0 Å². The first-order valence-electron chi connectivity index (χ1n) is 6.14. The quantitative estimate of drug-likeness (QED) is 0.328. The van der Waals surface area contributed by atoms with E-state index in [4.69, 9.17) is 0 Å². The van der Waals surface area contributed by atoms with Crippen molar-refractivity contribution in [3.63, 3.8) is 0 Å². The van der Waals surface area contributed by atoms with Crippen molar-refractivity contribution in [1.29, 1.82) is 0 Å². The standard InChI is InChI=1S/C11H6F15NO/c1-3(2)4(28)27-11(25,26)9(20,21)7(16,17)5(12,13)6(14,15)8(18,19)10(22,23)24/h1H2,2H3,(H,27,28). The van der Waals surface area contributed by atoms with Gasteiger partial charge >= 0.3 is 41.8 Å². The predicted molar refractivity (Wildman–Crippen MR) is 58.7 cm³/mol. The Morgan fingerprint density at radius 1 is 0.607 bits per heavy atom. The van der Waals surface area contributed by atoms with E-state index in [1.807, 2.05) is 0 Å². The molecule has 0 aliphatic carbocycles. The molecule has 2 nitrogen and oxygen atoms in total. The smallest absolute Gasteiger partial charge is 0.288 e. The van der Waals surface area contributed by atoms with E-state index in [1.54, 1.807) is 0 Å². The van der Waals surface area contributed by atoms with Gasteiger partial charge in [0.1, 0.15) is 0 Å². The summed E-state index contributed by atoms with van der Waals surface area (Å²) in [6.45, 7) is 3.07. The number of hydrogen-bond acceptors (Lipinski definition) is 1. The molecular formula is C11H6F15NO. The summed E-state index contributed by atoms with van der Waals surface area (Å²) in [5.74, 6) is -43.2. The molecule has 0 saturated heterocycles. The number of alkyl halides is 15. The van der Waals surface area contributed by atoms with Crippen LogP contribution in [0.25, 0.3) is 0 Å². The van der Waals surface area contributed by atoms with E-state index in [2.05, 4.69) is 6.58 Å². The van der Waals surface area contributed by atoms with Gasteiger partial charge in [-0.15, -0.1) is 0 Å². The SMILES string of the molecule is C=C(C)C(=O)NC(F)(F)C(F)(F)C(F)(F)C(F)(F)C(F)(F)C(F)(F)C(F)(F)F. The molecule has 0 atom stereocenters. The first kappa shape index (κ1) is 26.2. The Kier molecular flexibility index (Phi) is 6.17. The minimum absolute atomic E-state index is 0.295. The van der Waals surface area contributed by atoms with Gasteiger partial charge in [0.2, 0.25) is 0 Å². The van der Waals surface area contributed by atoms with Crippen LogP contribution in [0.2, 0.25) is 0 Å². The summed E-state index contributed by atoms with van der Waals surface area (Å²) < 4.78 is 192. The fourth-order valence-corrected chi connectivity index (χ4v) is 1.29. The minimum Gasteiger partial charge on any atom is -0.288 e. The molecule has 166 valence electrons. The fraction of sp³-hybridized carbons (Fsp3) is 0.727. The van der Waals surface area contributed by atoms with Crippen LogP contribution in [-0.4, -0.2) is 47.7 Å². The molecule has 0 radical (unpaired) electrons. The Labute approximate surface area is 144 Å². The molecule has 0 spiro atoms. The Morgan fingerprint density at radius 3 is 1.18 bits per heavy atom. The van der Waals surface area contributed by atoms with Gasteiger partial charge in [-0.25, -0.2) is 0 Å². The second kappa shape index (κ2) is 6.60. The lowest BCUT2D eigenvalue weighted by Crippen LogP contribution is -2.74. The van der Waals surface area contributed by atoms with Crippen LogP contribution in [0.3, 0.4) is 0 Å². The highest BCUT2D eigenvalue weighted by Gasteiger charge is 2.93. The summed E-state index contributed by atoms with van der Waals surface area (Å²) in [6, 6.07) is -6.82. The third-order valence-corrected chi connectivity index (χ3v) is 2.99. The molecular weight excluding hydrogens is 447 g/mol. The zero-order chi connectivity index (χ0) is 23.4. The van der Waals surface area contributed by atoms with E-state index in [9.17, 15) is 70.7 Å². The maximum Gasteiger partial charge on any atom is 0.460 e. The molecule has 0 saturated carbocycles. The molecule has 0 bridgehead atoms. The Bertz CT molecular complexity index is 632. The third-order valence-electron chi connectivity index (χ3n) is 2.99. The van der Waals surface area contributed by atoms with Crippen molar-refractivity contribution in [2.24, 2.45) is 0 Å². The van der Waals surface area contributed by atoms with Gasteiger partial charge in [-0.3, -0.25) is 10.1 Å². The van der Waals surface area contributed by atoms with E-state index < -0.39 is 53.3 Å². The molecule has 0 aromatic carbocycles. The highest BCUT2D eigenvalue weighted by atomic mass is 19.4. The van der Waals surface area contributed by atoms with E-state index in [-0.39, 0.29) is 5.32 Å². The molecule has 0 aliphatic rings. The van der Waals surface area contributed by atoms with E-state index in [0.717, 1.165) is 0 Å². The Balaban J connectivity index is 6.47. The molecule has 1 N–H and O–H groups in total. The van der Waals surface area contributed by atoms with Crippen molar-refractivity contribution < 1.29 is 70.7 Å². The molecule has 17 heteroatoms. The second-order valence-corrected chi connectivity index (χ2v) is 5.18. The molecule has 0 aromatic heterocycles. The number of rotatable bonds is 7. The number of nitrogens with one attached hydrogen (secondary N) is 1. The molecule has 28 heavy (non-hydrogen) atoms. The number of amides is 1. The first-order valence-corrected chi connectivity index (χ1v) is 6.14. The number of halogens is 15. The van der Waals surface area contributed by atoms with Crippen LogP contribution < -0.4 is 5.32 Å².